The van der Waals surface area contributed by atoms with Gasteiger partial charge < -0.3 is 5.32 Å². The summed E-state index contributed by atoms with van der Waals surface area (Å²) in [5.41, 5.74) is 3.12. The highest BCUT2D eigenvalue weighted by atomic mass is 35.5. The number of nitrogens with zero attached hydrogens (tertiary/aromatic N) is 3. The van der Waals surface area contributed by atoms with Crippen molar-refractivity contribution in [3.63, 3.8) is 0 Å². The number of aryl methyl sites for hydroxylation is 1. The van der Waals surface area contributed by atoms with E-state index in [1.807, 2.05) is 49.7 Å². The third-order valence-electron chi connectivity index (χ3n) is 3.79. The average molecular weight is 343 g/mol. The van der Waals surface area contributed by atoms with Gasteiger partial charge in [-0.05, 0) is 44.5 Å². The van der Waals surface area contributed by atoms with Gasteiger partial charge in [-0.1, -0.05) is 23.7 Å². The molecule has 24 heavy (non-hydrogen) atoms. The van der Waals surface area contributed by atoms with E-state index in [2.05, 4.69) is 15.4 Å². The van der Waals surface area contributed by atoms with Crippen LogP contribution < -0.4 is 5.32 Å². The fraction of sp³-hybridized carbons (Fsp3) is 0.278. The van der Waals surface area contributed by atoms with Crippen molar-refractivity contribution in [1.82, 2.24) is 20.1 Å². The van der Waals surface area contributed by atoms with Crippen molar-refractivity contribution in [3.05, 3.63) is 58.4 Å². The summed E-state index contributed by atoms with van der Waals surface area (Å²) in [6.07, 6.45) is 1.71. The SMILES string of the molecule is Cc1cc(C(=O)NCc2ccc(Cl)cc2)c2cnn(C(C)C)c2n1. The van der Waals surface area contributed by atoms with E-state index < -0.39 is 0 Å². The minimum atomic E-state index is -0.135. The van der Waals surface area contributed by atoms with Gasteiger partial charge in [0.15, 0.2) is 5.65 Å². The fourth-order valence-electron chi connectivity index (χ4n) is 2.59. The van der Waals surface area contributed by atoms with E-state index in [0.29, 0.717) is 17.1 Å². The topological polar surface area (TPSA) is 59.8 Å². The standard InChI is InChI=1S/C18H19ClN4O/c1-11(2)23-17-16(10-21-23)15(8-12(3)22-17)18(24)20-9-13-4-6-14(19)7-5-13/h4-8,10-11H,9H2,1-3H3,(H,20,24). The van der Waals surface area contributed by atoms with Crippen molar-refractivity contribution in [3.8, 4) is 0 Å². The van der Waals surface area contributed by atoms with Crippen molar-refractivity contribution < 1.29 is 4.79 Å². The summed E-state index contributed by atoms with van der Waals surface area (Å²) in [6.45, 7) is 6.40. The lowest BCUT2D eigenvalue weighted by Gasteiger charge is -2.09. The summed E-state index contributed by atoms with van der Waals surface area (Å²) < 4.78 is 1.83. The Bertz CT molecular complexity index is 884. The maximum Gasteiger partial charge on any atom is 0.252 e. The third kappa shape index (κ3) is 3.26. The van der Waals surface area contributed by atoms with Crippen molar-refractivity contribution in [1.29, 1.82) is 0 Å². The van der Waals surface area contributed by atoms with E-state index in [4.69, 9.17) is 11.6 Å². The van der Waals surface area contributed by atoms with Crippen molar-refractivity contribution in [2.45, 2.75) is 33.4 Å². The van der Waals surface area contributed by atoms with Crippen LogP contribution >= 0.6 is 11.6 Å². The Morgan fingerprint density at radius 1 is 1.29 bits per heavy atom. The molecule has 0 bridgehead atoms. The smallest absolute Gasteiger partial charge is 0.252 e. The number of carbonyl (C=O) groups is 1. The van der Waals surface area contributed by atoms with Gasteiger partial charge in [0.1, 0.15) is 0 Å². The summed E-state index contributed by atoms with van der Waals surface area (Å²) in [4.78, 5) is 17.2. The molecule has 3 rings (SSSR count). The molecule has 0 saturated carbocycles. The van der Waals surface area contributed by atoms with Crippen LogP contribution in [-0.4, -0.2) is 20.7 Å². The summed E-state index contributed by atoms with van der Waals surface area (Å²) >= 11 is 5.88. The van der Waals surface area contributed by atoms with Gasteiger partial charge in [-0.3, -0.25) is 4.79 Å². The van der Waals surface area contributed by atoms with Crippen LogP contribution in [0.5, 0.6) is 0 Å². The van der Waals surface area contributed by atoms with Crippen molar-refractivity contribution >= 4 is 28.5 Å². The molecular formula is C18H19ClN4O. The predicted molar refractivity (Wildman–Crippen MR) is 95.3 cm³/mol. The maximum atomic E-state index is 12.6. The zero-order valence-corrected chi connectivity index (χ0v) is 14.6. The molecule has 0 aliphatic rings. The van der Waals surface area contributed by atoms with Crippen LogP contribution in [0.1, 0.15) is 41.5 Å². The van der Waals surface area contributed by atoms with Crippen LogP contribution in [0.3, 0.4) is 0 Å². The normalized spacial score (nSPS) is 11.2. The first-order chi connectivity index (χ1) is 11.5. The number of aromatic nitrogens is 3. The van der Waals surface area contributed by atoms with Gasteiger partial charge in [-0.2, -0.15) is 5.10 Å². The molecule has 2 aromatic heterocycles. The molecule has 6 heteroatoms. The molecule has 1 aromatic carbocycles. The number of pyridine rings is 1. The lowest BCUT2D eigenvalue weighted by molar-refractivity contribution is 0.0952. The monoisotopic (exact) mass is 342 g/mol. The fourth-order valence-corrected chi connectivity index (χ4v) is 2.71. The number of fused-ring (bicyclic) bond motifs is 1. The van der Waals surface area contributed by atoms with E-state index in [1.54, 1.807) is 12.3 Å². The van der Waals surface area contributed by atoms with Crippen molar-refractivity contribution in [2.75, 3.05) is 0 Å². The molecule has 0 spiro atoms. The molecule has 0 fully saturated rings. The predicted octanol–water partition coefficient (Wildman–Crippen LogP) is 3.90. The van der Waals surface area contributed by atoms with E-state index >= 15 is 0 Å². The minimum Gasteiger partial charge on any atom is -0.348 e. The molecule has 0 aliphatic carbocycles. The second-order valence-corrected chi connectivity index (χ2v) is 6.48. The van der Waals surface area contributed by atoms with Gasteiger partial charge >= 0.3 is 0 Å². The molecule has 5 nitrogen and oxygen atoms in total. The molecule has 1 amide bonds. The Morgan fingerprint density at radius 3 is 2.67 bits per heavy atom. The summed E-state index contributed by atoms with van der Waals surface area (Å²) in [5, 5.41) is 8.76. The number of hydrogen-bond donors (Lipinski definition) is 1. The summed E-state index contributed by atoms with van der Waals surface area (Å²) in [6, 6.07) is 9.39. The van der Waals surface area contributed by atoms with Gasteiger partial charge in [0.05, 0.1) is 17.1 Å². The highest BCUT2D eigenvalue weighted by Crippen LogP contribution is 2.21. The first-order valence-corrected chi connectivity index (χ1v) is 8.21. The van der Waals surface area contributed by atoms with E-state index in [-0.39, 0.29) is 11.9 Å². The molecule has 0 saturated heterocycles. The Labute approximate surface area is 145 Å². The van der Waals surface area contributed by atoms with E-state index in [0.717, 1.165) is 22.3 Å². The summed E-state index contributed by atoms with van der Waals surface area (Å²) in [7, 11) is 0. The molecule has 0 aliphatic heterocycles. The first kappa shape index (κ1) is 16.5. The van der Waals surface area contributed by atoms with Crippen LogP contribution in [0.2, 0.25) is 5.02 Å². The van der Waals surface area contributed by atoms with Crippen LogP contribution in [-0.2, 0) is 6.54 Å². The average Bonchev–Trinajstić information content (AvgIpc) is 2.97. The van der Waals surface area contributed by atoms with Crippen LogP contribution in [0.25, 0.3) is 11.0 Å². The lowest BCUT2D eigenvalue weighted by atomic mass is 10.1. The van der Waals surface area contributed by atoms with Crippen LogP contribution in [0, 0.1) is 6.92 Å². The number of nitrogens with one attached hydrogen (secondary N) is 1. The highest BCUT2D eigenvalue weighted by Gasteiger charge is 2.16. The lowest BCUT2D eigenvalue weighted by Crippen LogP contribution is -2.23. The van der Waals surface area contributed by atoms with Crippen LogP contribution in [0.4, 0.5) is 0 Å². The minimum absolute atomic E-state index is 0.135. The van der Waals surface area contributed by atoms with Gasteiger partial charge in [0.2, 0.25) is 0 Å². The Hall–Kier alpha value is -2.40. The second-order valence-electron chi connectivity index (χ2n) is 6.04. The van der Waals surface area contributed by atoms with Gasteiger partial charge in [-0.25, -0.2) is 9.67 Å². The maximum absolute atomic E-state index is 12.6. The molecule has 0 atom stereocenters. The van der Waals surface area contributed by atoms with Gasteiger partial charge in [0.25, 0.3) is 5.91 Å². The third-order valence-corrected chi connectivity index (χ3v) is 4.05. The highest BCUT2D eigenvalue weighted by molar-refractivity contribution is 6.30. The summed E-state index contributed by atoms with van der Waals surface area (Å²) in [5.74, 6) is -0.135. The van der Waals surface area contributed by atoms with E-state index in [1.165, 1.54) is 0 Å². The Kier molecular flexibility index (Phi) is 4.53. The van der Waals surface area contributed by atoms with Crippen molar-refractivity contribution in [2.24, 2.45) is 0 Å². The number of rotatable bonds is 4. The number of carbonyl (C=O) groups excluding carboxylic acids is 1. The number of amides is 1. The molecular weight excluding hydrogens is 324 g/mol. The van der Waals surface area contributed by atoms with Gasteiger partial charge in [0, 0.05) is 23.3 Å². The molecule has 1 N–H and O–H groups in total. The zero-order chi connectivity index (χ0) is 17.3. The number of hydrogen-bond acceptors (Lipinski definition) is 3. The largest absolute Gasteiger partial charge is 0.348 e. The Balaban J connectivity index is 1.88. The number of halogens is 1. The zero-order valence-electron chi connectivity index (χ0n) is 13.9. The molecule has 0 radical (unpaired) electrons. The number of benzene rings is 1. The van der Waals surface area contributed by atoms with Crippen LogP contribution in [0.15, 0.2) is 36.5 Å². The molecule has 3 aromatic rings. The van der Waals surface area contributed by atoms with E-state index in [9.17, 15) is 4.79 Å². The molecule has 2 heterocycles. The molecule has 124 valence electrons. The quantitative estimate of drug-likeness (QED) is 0.782. The second kappa shape index (κ2) is 6.61. The first-order valence-electron chi connectivity index (χ1n) is 7.83. The van der Waals surface area contributed by atoms with Gasteiger partial charge in [-0.15, -0.1) is 0 Å². The molecule has 0 unspecified atom stereocenters. The Morgan fingerprint density at radius 2 is 2.00 bits per heavy atom.